The Kier molecular flexibility index (Phi) is 2.76. The zero-order valence-corrected chi connectivity index (χ0v) is 7.15. The third kappa shape index (κ3) is 1.86. The summed E-state index contributed by atoms with van der Waals surface area (Å²) in [5.74, 6) is 0.356. The van der Waals surface area contributed by atoms with Crippen LogP contribution in [0.5, 0.6) is 0 Å². The highest BCUT2D eigenvalue weighted by Gasteiger charge is 2.00. The van der Waals surface area contributed by atoms with E-state index < -0.39 is 0 Å². The van der Waals surface area contributed by atoms with Crippen LogP contribution in [0.2, 0.25) is 5.02 Å². The fraction of sp³-hybridized carbons (Fsp3) is 0.125. The van der Waals surface area contributed by atoms with E-state index in [0.717, 1.165) is 5.56 Å². The summed E-state index contributed by atoms with van der Waals surface area (Å²) in [6.45, 7) is 6.79. The maximum Gasteiger partial charge on any atom is 0.193 e. The Morgan fingerprint density at radius 2 is 2.18 bits per heavy atom. The summed E-state index contributed by atoms with van der Waals surface area (Å²) in [4.78, 5) is 3.28. The summed E-state index contributed by atoms with van der Waals surface area (Å²) in [6, 6.07) is 5.11. The average molecular weight is 186 g/mol. The van der Waals surface area contributed by atoms with Crippen molar-refractivity contribution < 1.29 is 0 Å². The summed E-state index contributed by atoms with van der Waals surface area (Å²) in [5, 5.41) is 0.574. The lowest BCUT2D eigenvalue weighted by atomic mass is 10.2. The van der Waals surface area contributed by atoms with Gasteiger partial charge in [0.05, 0.1) is 6.57 Å². The van der Waals surface area contributed by atoms with Crippen LogP contribution < -0.4 is 0 Å². The van der Waals surface area contributed by atoms with E-state index in [0.29, 0.717) is 16.6 Å². The van der Waals surface area contributed by atoms with E-state index in [-0.39, 0.29) is 0 Å². The van der Waals surface area contributed by atoms with Crippen molar-refractivity contribution in [1.29, 1.82) is 0 Å². The molecule has 0 heterocycles. The molecule has 0 bridgehead atoms. The molecule has 11 heavy (non-hydrogen) atoms. The van der Waals surface area contributed by atoms with Gasteiger partial charge in [0.1, 0.15) is 0 Å². The molecule has 0 radical (unpaired) electrons. The molecular weight excluding hydrogens is 181 g/mol. The zero-order valence-electron chi connectivity index (χ0n) is 5.64. The first kappa shape index (κ1) is 8.39. The van der Waals surface area contributed by atoms with Crippen molar-refractivity contribution in [2.45, 2.75) is 5.88 Å². The lowest BCUT2D eigenvalue weighted by Gasteiger charge is -1.97. The predicted octanol–water partition coefficient (Wildman–Crippen LogP) is 3.63. The van der Waals surface area contributed by atoms with Crippen LogP contribution in [0.3, 0.4) is 0 Å². The first-order chi connectivity index (χ1) is 5.27. The van der Waals surface area contributed by atoms with Gasteiger partial charge in [-0.1, -0.05) is 17.7 Å². The highest BCUT2D eigenvalue weighted by molar-refractivity contribution is 6.31. The van der Waals surface area contributed by atoms with E-state index >= 15 is 0 Å². The first-order valence-corrected chi connectivity index (χ1v) is 3.91. The SMILES string of the molecule is [C-]#[N+]c1cc(Cl)ccc1CCl. The Hall–Kier alpha value is -0.710. The molecule has 0 aliphatic rings. The minimum absolute atomic E-state index is 0.356. The Bertz CT molecular complexity index is 301. The number of nitrogens with zero attached hydrogens (tertiary/aromatic N) is 1. The van der Waals surface area contributed by atoms with Crippen molar-refractivity contribution in [2.75, 3.05) is 0 Å². The standard InChI is InChI=1S/C8H5Cl2N/c1-11-8-4-7(10)3-2-6(8)5-9/h2-4H,5H2. The van der Waals surface area contributed by atoms with Crippen LogP contribution in [0.25, 0.3) is 4.85 Å². The molecule has 0 unspecified atom stereocenters. The highest BCUT2D eigenvalue weighted by Crippen LogP contribution is 2.24. The van der Waals surface area contributed by atoms with E-state index in [1.165, 1.54) is 0 Å². The van der Waals surface area contributed by atoms with Crippen molar-refractivity contribution in [3.63, 3.8) is 0 Å². The van der Waals surface area contributed by atoms with Gasteiger partial charge in [0.25, 0.3) is 0 Å². The number of hydrogen-bond acceptors (Lipinski definition) is 0. The molecule has 1 rings (SSSR count). The van der Waals surface area contributed by atoms with Crippen molar-refractivity contribution in [1.82, 2.24) is 0 Å². The third-order valence-electron chi connectivity index (χ3n) is 1.31. The van der Waals surface area contributed by atoms with Gasteiger partial charge in [0.2, 0.25) is 0 Å². The monoisotopic (exact) mass is 185 g/mol. The molecule has 0 saturated heterocycles. The Labute approximate surface area is 75.4 Å². The Morgan fingerprint density at radius 3 is 2.73 bits per heavy atom. The number of halogens is 2. The van der Waals surface area contributed by atoms with E-state index in [9.17, 15) is 0 Å². The van der Waals surface area contributed by atoms with Gasteiger partial charge >= 0.3 is 0 Å². The van der Waals surface area contributed by atoms with Crippen LogP contribution in [-0.4, -0.2) is 0 Å². The zero-order chi connectivity index (χ0) is 8.27. The number of rotatable bonds is 1. The lowest BCUT2D eigenvalue weighted by Crippen LogP contribution is -1.76. The predicted molar refractivity (Wildman–Crippen MR) is 47.3 cm³/mol. The van der Waals surface area contributed by atoms with Gasteiger partial charge < -0.3 is 0 Å². The molecule has 0 aliphatic heterocycles. The highest BCUT2D eigenvalue weighted by atomic mass is 35.5. The van der Waals surface area contributed by atoms with Crippen molar-refractivity contribution in [3.8, 4) is 0 Å². The molecule has 0 saturated carbocycles. The molecule has 0 amide bonds. The Balaban J connectivity index is 3.19. The smallest absolute Gasteiger partial charge is 0.193 e. The second kappa shape index (κ2) is 3.61. The molecule has 0 spiro atoms. The van der Waals surface area contributed by atoms with Crippen LogP contribution in [0, 0.1) is 6.57 Å². The Morgan fingerprint density at radius 1 is 1.45 bits per heavy atom. The van der Waals surface area contributed by atoms with Gasteiger partial charge in [0, 0.05) is 10.9 Å². The van der Waals surface area contributed by atoms with E-state index in [1.54, 1.807) is 18.2 Å². The van der Waals surface area contributed by atoms with Crippen molar-refractivity contribution in [3.05, 3.63) is 40.2 Å². The molecule has 0 aromatic heterocycles. The molecule has 1 aromatic rings. The minimum atomic E-state index is 0.356. The largest absolute Gasteiger partial charge is 0.238 e. The molecule has 3 heteroatoms. The summed E-state index contributed by atoms with van der Waals surface area (Å²) in [6.07, 6.45) is 0. The van der Waals surface area contributed by atoms with Crippen LogP contribution in [0.1, 0.15) is 5.56 Å². The molecule has 56 valence electrons. The van der Waals surface area contributed by atoms with Crippen LogP contribution >= 0.6 is 23.2 Å². The molecular formula is C8H5Cl2N. The van der Waals surface area contributed by atoms with Gasteiger partial charge in [0.15, 0.2) is 5.69 Å². The molecule has 0 fully saturated rings. The summed E-state index contributed by atoms with van der Waals surface area (Å²) < 4.78 is 0. The average Bonchev–Trinajstić information content (AvgIpc) is 2.04. The normalized spacial score (nSPS) is 9.18. The third-order valence-corrected chi connectivity index (χ3v) is 1.83. The first-order valence-electron chi connectivity index (χ1n) is 3.00. The summed E-state index contributed by atoms with van der Waals surface area (Å²) in [5.41, 5.74) is 1.36. The number of benzene rings is 1. The van der Waals surface area contributed by atoms with Gasteiger partial charge in [-0.05, 0) is 17.7 Å². The second-order valence-corrected chi connectivity index (χ2v) is 2.72. The van der Waals surface area contributed by atoms with Crippen molar-refractivity contribution >= 4 is 28.9 Å². The minimum Gasteiger partial charge on any atom is -0.238 e. The van der Waals surface area contributed by atoms with E-state index in [2.05, 4.69) is 4.85 Å². The lowest BCUT2D eigenvalue weighted by molar-refractivity contribution is 1.42. The van der Waals surface area contributed by atoms with Crippen LogP contribution in [0.15, 0.2) is 18.2 Å². The molecule has 1 nitrogen and oxygen atoms in total. The topological polar surface area (TPSA) is 4.36 Å². The quantitative estimate of drug-likeness (QED) is 0.465. The molecule has 1 aromatic carbocycles. The fourth-order valence-corrected chi connectivity index (χ4v) is 1.15. The van der Waals surface area contributed by atoms with Crippen LogP contribution in [-0.2, 0) is 5.88 Å². The molecule has 0 atom stereocenters. The van der Waals surface area contributed by atoms with Crippen LogP contribution in [0.4, 0.5) is 5.69 Å². The fourth-order valence-electron chi connectivity index (χ4n) is 0.754. The van der Waals surface area contributed by atoms with Gasteiger partial charge in [-0.25, -0.2) is 4.85 Å². The maximum absolute atomic E-state index is 6.79. The number of hydrogen-bond donors (Lipinski definition) is 0. The molecule has 0 N–H and O–H groups in total. The number of alkyl halides is 1. The van der Waals surface area contributed by atoms with Gasteiger partial charge in [-0.15, -0.1) is 11.6 Å². The van der Waals surface area contributed by atoms with Gasteiger partial charge in [-0.2, -0.15) is 0 Å². The summed E-state index contributed by atoms with van der Waals surface area (Å²) in [7, 11) is 0. The van der Waals surface area contributed by atoms with E-state index in [1.807, 2.05) is 0 Å². The maximum atomic E-state index is 6.79. The van der Waals surface area contributed by atoms with E-state index in [4.69, 9.17) is 29.8 Å². The summed E-state index contributed by atoms with van der Waals surface area (Å²) >= 11 is 11.2. The van der Waals surface area contributed by atoms with Crippen molar-refractivity contribution in [2.24, 2.45) is 0 Å². The van der Waals surface area contributed by atoms with Gasteiger partial charge in [-0.3, -0.25) is 0 Å². The molecule has 0 aliphatic carbocycles. The second-order valence-electron chi connectivity index (χ2n) is 2.02.